The number of hydrogen-bond acceptors (Lipinski definition) is 2. The Kier molecular flexibility index (Phi) is 2.98. The summed E-state index contributed by atoms with van der Waals surface area (Å²) in [6.45, 7) is 3.72. The number of alkyl halides is 1. The Morgan fingerprint density at radius 2 is 2.33 bits per heavy atom. The molecule has 1 heterocycles. The molecule has 0 aliphatic rings. The van der Waals surface area contributed by atoms with Gasteiger partial charge in [-0.15, -0.1) is 0 Å². The van der Waals surface area contributed by atoms with Gasteiger partial charge in [0.25, 0.3) is 0 Å². The summed E-state index contributed by atoms with van der Waals surface area (Å²) in [5, 5.41) is 0. The molecular formula is C9H10BrNO. The molecule has 0 radical (unpaired) electrons. The Morgan fingerprint density at radius 3 is 2.83 bits per heavy atom. The van der Waals surface area contributed by atoms with Gasteiger partial charge >= 0.3 is 0 Å². The maximum atomic E-state index is 11.5. The number of carbonyl (C=O) groups is 1. The Hall–Kier alpha value is -0.700. The van der Waals surface area contributed by atoms with Crippen molar-refractivity contribution < 1.29 is 4.79 Å². The Balaban J connectivity index is 3.03. The molecule has 0 aliphatic carbocycles. The second-order valence-corrected chi connectivity index (χ2v) is 4.04. The molecule has 0 fully saturated rings. The Morgan fingerprint density at radius 1 is 1.67 bits per heavy atom. The third-order valence-electron chi connectivity index (χ3n) is 1.67. The van der Waals surface area contributed by atoms with Crippen LogP contribution >= 0.6 is 15.9 Å². The molecule has 1 atom stereocenters. The molecule has 0 aromatic carbocycles. The van der Waals surface area contributed by atoms with Crippen LogP contribution in [-0.2, 0) is 0 Å². The standard InChI is InChI=1S/C9H10BrNO/c1-6-3-4-11-5-8(6)9(12)7(2)10/h3-5,7H,1-2H3. The van der Waals surface area contributed by atoms with Crippen LogP contribution in [0.4, 0.5) is 0 Å². The number of halogens is 1. The highest BCUT2D eigenvalue weighted by Gasteiger charge is 2.13. The summed E-state index contributed by atoms with van der Waals surface area (Å²) >= 11 is 3.23. The van der Waals surface area contributed by atoms with E-state index >= 15 is 0 Å². The topological polar surface area (TPSA) is 30.0 Å². The van der Waals surface area contributed by atoms with Crippen molar-refractivity contribution in [2.45, 2.75) is 18.7 Å². The van der Waals surface area contributed by atoms with Crippen LogP contribution in [0.25, 0.3) is 0 Å². The molecule has 1 aromatic rings. The van der Waals surface area contributed by atoms with Gasteiger partial charge in [0.05, 0.1) is 4.83 Å². The van der Waals surface area contributed by atoms with Gasteiger partial charge in [-0.2, -0.15) is 0 Å². The molecule has 3 heteroatoms. The van der Waals surface area contributed by atoms with E-state index in [1.54, 1.807) is 12.4 Å². The third kappa shape index (κ3) is 1.91. The van der Waals surface area contributed by atoms with Crippen LogP contribution in [0.1, 0.15) is 22.8 Å². The number of pyridine rings is 1. The molecule has 64 valence electrons. The maximum Gasteiger partial charge on any atom is 0.177 e. The first-order valence-electron chi connectivity index (χ1n) is 3.72. The summed E-state index contributed by atoms with van der Waals surface area (Å²) in [5.41, 5.74) is 1.67. The van der Waals surface area contributed by atoms with Gasteiger partial charge in [0.2, 0.25) is 0 Å². The van der Waals surface area contributed by atoms with E-state index < -0.39 is 0 Å². The largest absolute Gasteiger partial charge is 0.293 e. The van der Waals surface area contributed by atoms with E-state index in [0.717, 1.165) is 5.56 Å². The molecule has 1 unspecified atom stereocenters. The fourth-order valence-corrected chi connectivity index (χ4v) is 1.18. The van der Waals surface area contributed by atoms with Crippen molar-refractivity contribution >= 4 is 21.7 Å². The molecule has 1 rings (SSSR count). The fraction of sp³-hybridized carbons (Fsp3) is 0.333. The zero-order valence-electron chi connectivity index (χ0n) is 7.04. The smallest absolute Gasteiger partial charge is 0.177 e. The zero-order chi connectivity index (χ0) is 9.14. The van der Waals surface area contributed by atoms with Gasteiger partial charge in [0.15, 0.2) is 5.78 Å². The minimum atomic E-state index is -0.139. The summed E-state index contributed by atoms with van der Waals surface area (Å²) in [7, 11) is 0. The van der Waals surface area contributed by atoms with Gasteiger partial charge in [0, 0.05) is 18.0 Å². The lowest BCUT2D eigenvalue weighted by Gasteiger charge is -2.04. The van der Waals surface area contributed by atoms with E-state index in [1.807, 2.05) is 19.9 Å². The number of Topliss-reactive ketones (excluding diaryl/α,β-unsaturated/α-hetero) is 1. The second-order valence-electron chi connectivity index (χ2n) is 2.67. The first kappa shape index (κ1) is 9.39. The van der Waals surface area contributed by atoms with Crippen LogP contribution in [-0.4, -0.2) is 15.6 Å². The van der Waals surface area contributed by atoms with Crippen LogP contribution in [0.2, 0.25) is 0 Å². The van der Waals surface area contributed by atoms with Crippen molar-refractivity contribution in [3.8, 4) is 0 Å². The maximum absolute atomic E-state index is 11.5. The molecule has 0 aliphatic heterocycles. The normalized spacial score (nSPS) is 12.6. The van der Waals surface area contributed by atoms with Crippen LogP contribution in [0.3, 0.4) is 0 Å². The number of aromatic nitrogens is 1. The van der Waals surface area contributed by atoms with E-state index in [-0.39, 0.29) is 10.6 Å². The molecule has 0 spiro atoms. The average Bonchev–Trinajstić information content (AvgIpc) is 2.04. The van der Waals surface area contributed by atoms with Crippen molar-refractivity contribution in [1.29, 1.82) is 0 Å². The summed E-state index contributed by atoms with van der Waals surface area (Å²) in [6.07, 6.45) is 3.29. The van der Waals surface area contributed by atoms with E-state index in [9.17, 15) is 4.79 Å². The van der Waals surface area contributed by atoms with Gasteiger partial charge in [0.1, 0.15) is 0 Å². The summed E-state index contributed by atoms with van der Waals surface area (Å²) < 4.78 is 0. The third-order valence-corrected chi connectivity index (χ3v) is 2.08. The van der Waals surface area contributed by atoms with Gasteiger partial charge in [-0.3, -0.25) is 9.78 Å². The fourth-order valence-electron chi connectivity index (χ4n) is 0.936. The zero-order valence-corrected chi connectivity index (χ0v) is 8.63. The highest BCUT2D eigenvalue weighted by Crippen LogP contribution is 2.12. The van der Waals surface area contributed by atoms with Gasteiger partial charge in [-0.1, -0.05) is 15.9 Å². The molecule has 0 N–H and O–H groups in total. The van der Waals surface area contributed by atoms with Gasteiger partial charge in [-0.05, 0) is 25.5 Å². The Bertz CT molecular complexity index is 296. The van der Waals surface area contributed by atoms with E-state index in [1.165, 1.54) is 0 Å². The predicted molar refractivity (Wildman–Crippen MR) is 51.7 cm³/mol. The quantitative estimate of drug-likeness (QED) is 0.574. The number of hydrogen-bond donors (Lipinski definition) is 0. The minimum Gasteiger partial charge on any atom is -0.293 e. The SMILES string of the molecule is Cc1ccncc1C(=O)C(C)Br. The average molecular weight is 228 g/mol. The lowest BCUT2D eigenvalue weighted by Crippen LogP contribution is -2.11. The van der Waals surface area contributed by atoms with Crippen LogP contribution in [0.15, 0.2) is 18.5 Å². The van der Waals surface area contributed by atoms with Gasteiger partial charge in [-0.25, -0.2) is 0 Å². The summed E-state index contributed by atoms with van der Waals surface area (Å²) in [6, 6.07) is 1.84. The Labute approximate surface area is 80.1 Å². The van der Waals surface area contributed by atoms with Gasteiger partial charge < -0.3 is 0 Å². The second kappa shape index (κ2) is 3.81. The molecule has 0 bridgehead atoms. The number of carbonyl (C=O) groups excluding carboxylic acids is 1. The first-order valence-corrected chi connectivity index (χ1v) is 4.63. The molecule has 0 saturated heterocycles. The van der Waals surface area contributed by atoms with Crippen molar-refractivity contribution in [2.75, 3.05) is 0 Å². The number of aryl methyl sites for hydroxylation is 1. The van der Waals surface area contributed by atoms with Crippen LogP contribution in [0.5, 0.6) is 0 Å². The number of nitrogens with zero attached hydrogens (tertiary/aromatic N) is 1. The lowest BCUT2D eigenvalue weighted by molar-refractivity contribution is 0.0995. The van der Waals surface area contributed by atoms with Crippen LogP contribution in [0, 0.1) is 6.92 Å². The molecular weight excluding hydrogens is 218 g/mol. The van der Waals surface area contributed by atoms with Crippen molar-refractivity contribution in [3.05, 3.63) is 29.6 Å². The van der Waals surface area contributed by atoms with Crippen molar-refractivity contribution in [1.82, 2.24) is 4.98 Å². The number of ketones is 1. The molecule has 0 saturated carbocycles. The summed E-state index contributed by atoms with van der Waals surface area (Å²) in [5.74, 6) is 0.0839. The van der Waals surface area contributed by atoms with E-state index in [4.69, 9.17) is 0 Å². The molecule has 12 heavy (non-hydrogen) atoms. The van der Waals surface area contributed by atoms with E-state index in [0.29, 0.717) is 5.56 Å². The first-order chi connectivity index (χ1) is 5.63. The highest BCUT2D eigenvalue weighted by molar-refractivity contribution is 9.10. The molecule has 1 aromatic heterocycles. The predicted octanol–water partition coefficient (Wildman–Crippen LogP) is 2.36. The highest BCUT2D eigenvalue weighted by atomic mass is 79.9. The minimum absolute atomic E-state index is 0.0839. The van der Waals surface area contributed by atoms with Crippen molar-refractivity contribution in [2.24, 2.45) is 0 Å². The monoisotopic (exact) mass is 227 g/mol. The van der Waals surface area contributed by atoms with E-state index in [2.05, 4.69) is 20.9 Å². The molecule has 0 amide bonds. The molecule has 2 nitrogen and oxygen atoms in total. The number of rotatable bonds is 2. The lowest BCUT2D eigenvalue weighted by atomic mass is 10.1. The summed E-state index contributed by atoms with van der Waals surface area (Å²) in [4.78, 5) is 15.2. The van der Waals surface area contributed by atoms with Crippen LogP contribution < -0.4 is 0 Å². The van der Waals surface area contributed by atoms with Crippen molar-refractivity contribution in [3.63, 3.8) is 0 Å².